The number of thiazole rings is 1. The molecule has 0 aromatic carbocycles. The number of pyridine rings is 1. The third-order valence-corrected chi connectivity index (χ3v) is 5.58. The van der Waals surface area contributed by atoms with Crippen LogP contribution in [0.2, 0.25) is 0 Å². The van der Waals surface area contributed by atoms with Crippen molar-refractivity contribution in [3.8, 4) is 0 Å². The second-order valence-corrected chi connectivity index (χ2v) is 7.04. The topological polar surface area (TPSA) is 78.0 Å². The quantitative estimate of drug-likeness (QED) is 0.850. The van der Waals surface area contributed by atoms with E-state index < -0.39 is 5.91 Å². The zero-order valence-corrected chi connectivity index (χ0v) is 14.7. The lowest BCUT2D eigenvalue weighted by Crippen LogP contribution is -2.18. The summed E-state index contributed by atoms with van der Waals surface area (Å²) in [7, 11) is 0. The van der Waals surface area contributed by atoms with Crippen molar-refractivity contribution < 1.29 is 4.79 Å². The van der Waals surface area contributed by atoms with E-state index in [2.05, 4.69) is 4.98 Å². The van der Waals surface area contributed by atoms with Crippen molar-refractivity contribution in [3.05, 3.63) is 43.1 Å². The molecule has 0 unspecified atom stereocenters. The average Bonchev–Trinajstić information content (AvgIpc) is 2.76. The van der Waals surface area contributed by atoms with E-state index in [0.29, 0.717) is 22.9 Å². The highest BCUT2D eigenvalue weighted by molar-refractivity contribution is 7.99. The van der Waals surface area contributed by atoms with Crippen LogP contribution in [0.3, 0.4) is 0 Å². The van der Waals surface area contributed by atoms with Crippen LogP contribution in [0.4, 0.5) is 0 Å². The van der Waals surface area contributed by atoms with Gasteiger partial charge in [-0.25, -0.2) is 4.98 Å². The van der Waals surface area contributed by atoms with E-state index in [0.717, 1.165) is 22.5 Å². The second kappa shape index (κ2) is 6.66. The zero-order valence-electron chi connectivity index (χ0n) is 13.1. The van der Waals surface area contributed by atoms with Crippen molar-refractivity contribution in [2.75, 3.05) is 5.75 Å². The van der Waals surface area contributed by atoms with Gasteiger partial charge in [-0.3, -0.25) is 9.59 Å². The summed E-state index contributed by atoms with van der Waals surface area (Å²) in [5, 5.41) is 2.49. The Balaban J connectivity index is 2.23. The molecule has 2 heterocycles. The maximum atomic E-state index is 11.7. The monoisotopic (exact) mass is 337 g/mol. The largest absolute Gasteiger partial charge is 0.366 e. The summed E-state index contributed by atoms with van der Waals surface area (Å²) >= 11 is 2.66. The molecule has 0 aliphatic carbocycles. The molecule has 2 N–H and O–H groups in total. The van der Waals surface area contributed by atoms with Crippen molar-refractivity contribution in [3.63, 3.8) is 0 Å². The number of primary amides is 1. The molecule has 0 atom stereocenters. The van der Waals surface area contributed by atoms with E-state index in [1.165, 1.54) is 23.1 Å². The van der Waals surface area contributed by atoms with Gasteiger partial charge in [0.25, 0.3) is 5.91 Å². The lowest BCUT2D eigenvalue weighted by molar-refractivity contribution is 0.0996. The number of thioether (sulfide) groups is 1. The summed E-state index contributed by atoms with van der Waals surface area (Å²) in [6.45, 7) is 8.25. The number of amides is 1. The number of aromatic nitrogens is 2. The first kappa shape index (κ1) is 16.8. The minimum atomic E-state index is -0.459. The van der Waals surface area contributed by atoms with Gasteiger partial charge in [0.05, 0.1) is 5.56 Å². The lowest BCUT2D eigenvalue weighted by atomic mass is 10.0. The molecular formula is C15H19N3O2S2. The summed E-state index contributed by atoms with van der Waals surface area (Å²) in [5.74, 6) is 0.201. The second-order valence-electron chi connectivity index (χ2n) is 5.13. The molecule has 0 aliphatic rings. The summed E-state index contributed by atoms with van der Waals surface area (Å²) in [6, 6.07) is 0. The molecule has 7 heteroatoms. The van der Waals surface area contributed by atoms with Crippen LogP contribution in [0.25, 0.3) is 0 Å². The van der Waals surface area contributed by atoms with Crippen LogP contribution in [0.1, 0.15) is 32.9 Å². The van der Waals surface area contributed by atoms with Gasteiger partial charge in [-0.15, -0.1) is 11.8 Å². The van der Waals surface area contributed by atoms with Crippen molar-refractivity contribution in [1.29, 1.82) is 0 Å². The Morgan fingerprint density at radius 1 is 1.32 bits per heavy atom. The van der Waals surface area contributed by atoms with E-state index >= 15 is 0 Å². The van der Waals surface area contributed by atoms with Crippen LogP contribution in [-0.2, 0) is 6.54 Å². The number of nitrogens with zero attached hydrogens (tertiary/aromatic N) is 2. The fraction of sp³-hybridized carbons (Fsp3) is 0.400. The highest BCUT2D eigenvalue weighted by Crippen LogP contribution is 2.26. The Bertz CT molecular complexity index is 778. The Morgan fingerprint density at radius 3 is 2.55 bits per heavy atom. The molecule has 0 radical (unpaired) electrons. The fourth-order valence-electron chi connectivity index (χ4n) is 2.21. The third-order valence-electron chi connectivity index (χ3n) is 3.74. The van der Waals surface area contributed by atoms with E-state index in [1.807, 2.05) is 33.1 Å². The number of hydrogen-bond donors (Lipinski definition) is 1. The van der Waals surface area contributed by atoms with E-state index in [1.54, 1.807) is 4.57 Å². The van der Waals surface area contributed by atoms with Gasteiger partial charge in [-0.05, 0) is 38.8 Å². The van der Waals surface area contributed by atoms with Crippen molar-refractivity contribution in [1.82, 2.24) is 9.55 Å². The first-order chi connectivity index (χ1) is 10.3. The lowest BCUT2D eigenvalue weighted by Gasteiger charge is -2.13. The summed E-state index contributed by atoms with van der Waals surface area (Å²) < 4.78 is 1.73. The third kappa shape index (κ3) is 3.25. The minimum absolute atomic E-state index is 0.0393. The number of hydrogen-bond acceptors (Lipinski definition) is 5. The molecule has 5 nitrogen and oxygen atoms in total. The van der Waals surface area contributed by atoms with Gasteiger partial charge in [-0.2, -0.15) is 0 Å². The Kier molecular flexibility index (Phi) is 5.08. The number of nitrogens with two attached hydrogens (primary N) is 1. The van der Waals surface area contributed by atoms with Crippen LogP contribution in [0, 0.1) is 27.7 Å². The molecule has 0 bridgehead atoms. The molecule has 2 rings (SSSR count). The minimum Gasteiger partial charge on any atom is -0.366 e. The van der Waals surface area contributed by atoms with Gasteiger partial charge in [0, 0.05) is 29.1 Å². The molecule has 0 aliphatic heterocycles. The summed E-state index contributed by atoms with van der Waals surface area (Å²) in [6.07, 6.45) is 0. The van der Waals surface area contributed by atoms with Crippen LogP contribution in [0.15, 0.2) is 15.2 Å². The number of carbonyl (C=O) groups excluding carboxylic acids is 1. The maximum absolute atomic E-state index is 11.7. The van der Waals surface area contributed by atoms with Crippen molar-refractivity contribution in [2.24, 2.45) is 5.73 Å². The number of rotatable bonds is 5. The molecule has 0 fully saturated rings. The van der Waals surface area contributed by atoms with Crippen molar-refractivity contribution >= 4 is 29.0 Å². The van der Waals surface area contributed by atoms with Gasteiger partial charge >= 0.3 is 4.87 Å². The highest BCUT2D eigenvalue weighted by Gasteiger charge is 2.17. The predicted molar refractivity (Wildman–Crippen MR) is 91.0 cm³/mol. The SMILES string of the molecule is Cc1nc(SCCn2c(C)csc2=O)c(C(N)=O)c(C)c1C. The molecule has 2 aromatic rings. The van der Waals surface area contributed by atoms with Crippen LogP contribution in [0.5, 0.6) is 0 Å². The fourth-order valence-corrected chi connectivity index (χ4v) is 4.04. The average molecular weight is 337 g/mol. The smallest absolute Gasteiger partial charge is 0.307 e. The van der Waals surface area contributed by atoms with Crippen LogP contribution >= 0.6 is 23.1 Å². The highest BCUT2D eigenvalue weighted by atomic mass is 32.2. The van der Waals surface area contributed by atoms with Gasteiger partial charge in [-0.1, -0.05) is 11.3 Å². The molecule has 0 spiro atoms. The molecule has 0 saturated heterocycles. The normalized spacial score (nSPS) is 10.9. The van der Waals surface area contributed by atoms with Gasteiger partial charge < -0.3 is 10.3 Å². The molecule has 22 heavy (non-hydrogen) atoms. The van der Waals surface area contributed by atoms with E-state index in [4.69, 9.17) is 5.73 Å². The number of carbonyl (C=O) groups is 1. The Hall–Kier alpha value is -1.60. The number of aryl methyl sites for hydroxylation is 2. The molecule has 118 valence electrons. The van der Waals surface area contributed by atoms with E-state index in [9.17, 15) is 9.59 Å². The first-order valence-electron chi connectivity index (χ1n) is 6.88. The van der Waals surface area contributed by atoms with Crippen molar-refractivity contribution in [2.45, 2.75) is 39.3 Å². The summed E-state index contributed by atoms with van der Waals surface area (Å²) in [4.78, 5) is 27.9. The van der Waals surface area contributed by atoms with Crippen LogP contribution in [-0.4, -0.2) is 21.2 Å². The first-order valence-corrected chi connectivity index (χ1v) is 8.74. The molecule has 2 aromatic heterocycles. The predicted octanol–water partition coefficient (Wildman–Crippen LogP) is 2.43. The zero-order chi connectivity index (χ0) is 16.4. The van der Waals surface area contributed by atoms with Gasteiger partial charge in [0.2, 0.25) is 0 Å². The van der Waals surface area contributed by atoms with Gasteiger partial charge in [0.15, 0.2) is 0 Å². The molecule has 1 amide bonds. The van der Waals surface area contributed by atoms with E-state index in [-0.39, 0.29) is 4.87 Å². The molecule has 0 saturated carbocycles. The molecular weight excluding hydrogens is 318 g/mol. The Labute approximate surface area is 137 Å². The standard InChI is InChI=1S/C15H19N3O2S2/c1-8-7-22-15(20)18(8)5-6-21-14-12(13(16)19)10(3)9(2)11(4)17-14/h7H,5-6H2,1-4H3,(H2,16,19). The Morgan fingerprint density at radius 2 is 2.00 bits per heavy atom. The van der Waals surface area contributed by atoms with Gasteiger partial charge in [0.1, 0.15) is 5.03 Å². The summed E-state index contributed by atoms with van der Waals surface area (Å²) in [5.41, 5.74) is 9.71. The van der Waals surface area contributed by atoms with Crippen LogP contribution < -0.4 is 10.6 Å². The maximum Gasteiger partial charge on any atom is 0.307 e.